The molecule has 220 valence electrons. The second-order valence-electron chi connectivity index (χ2n) is 9.97. The van der Waals surface area contributed by atoms with Crippen LogP contribution < -0.4 is 21.1 Å². The van der Waals surface area contributed by atoms with E-state index >= 15 is 0 Å². The second kappa shape index (κ2) is 12.5. The molecule has 41 heavy (non-hydrogen) atoms. The number of halogens is 1. The zero-order valence-electron chi connectivity index (χ0n) is 22.1. The minimum Gasteiger partial charge on any atom is -0.461 e. The molecule has 3 aromatic rings. The van der Waals surface area contributed by atoms with Gasteiger partial charge in [0.25, 0.3) is 5.56 Å². The molecule has 2 aromatic heterocycles. The molecule has 0 amide bonds. The molecule has 1 aromatic carbocycles. The van der Waals surface area contributed by atoms with Crippen molar-refractivity contribution in [3.8, 4) is 5.75 Å². The minimum absolute atomic E-state index is 0.0311. The number of hydrogen-bond donors (Lipinski definition) is 4. The monoisotopic (exact) mass is 593 g/mol. The number of fused-ring (bicyclic) bond motifs is 1. The normalized spacial score (nSPS) is 23.9. The number of nitrogens with zero attached hydrogens (tertiary/aromatic N) is 3. The smallest absolute Gasteiger partial charge is 0.461 e. The average Bonchev–Trinajstić information content (AvgIpc) is 3.67. The number of alkyl halides is 1. The maximum Gasteiger partial charge on any atom is 0.750 e. The van der Waals surface area contributed by atoms with E-state index in [0.717, 1.165) is 25.7 Å². The Labute approximate surface area is 234 Å². The highest BCUT2D eigenvalue weighted by molar-refractivity contribution is 7.33. The third kappa shape index (κ3) is 6.32. The van der Waals surface area contributed by atoms with Crippen LogP contribution in [0.25, 0.3) is 11.2 Å². The molecule has 14 nitrogen and oxygen atoms in total. The number of hydrogen-bond acceptors (Lipinski definition) is 12. The van der Waals surface area contributed by atoms with Crippen LogP contribution in [0, 0.1) is 5.92 Å². The van der Waals surface area contributed by atoms with E-state index in [1.165, 1.54) is 10.9 Å². The van der Waals surface area contributed by atoms with Crippen molar-refractivity contribution in [2.24, 2.45) is 5.92 Å². The molecular formula is C25H31FN6O8P+. The van der Waals surface area contributed by atoms with Crippen LogP contribution in [-0.4, -0.2) is 68.2 Å². The molecule has 1 aliphatic heterocycles. The molecule has 0 radical (unpaired) electrons. The largest absolute Gasteiger partial charge is 0.750 e. The van der Waals surface area contributed by atoms with Crippen molar-refractivity contribution >= 4 is 37.0 Å². The quantitative estimate of drug-likeness (QED) is 0.188. The molecule has 3 heterocycles. The number of para-hydroxylation sites is 2. The number of ether oxygens (including phenoxy) is 2. The number of H-pyrrole nitrogens is 1. The molecule has 2 aliphatic rings. The summed E-state index contributed by atoms with van der Waals surface area (Å²) in [5, 5.41) is 13.8. The zero-order chi connectivity index (χ0) is 29.1. The molecule has 1 saturated carbocycles. The van der Waals surface area contributed by atoms with E-state index in [9.17, 15) is 23.7 Å². The molecule has 0 bridgehead atoms. The number of nitrogens with one attached hydrogen (secondary N) is 2. The van der Waals surface area contributed by atoms with Gasteiger partial charge >= 0.3 is 14.2 Å². The molecule has 5 rings (SSSR count). The number of carbonyl (C=O) groups excluding carboxylic acids is 1. The Morgan fingerprint density at radius 2 is 2.12 bits per heavy atom. The fraction of sp³-hybridized carbons (Fsp3) is 0.520. The fourth-order valence-corrected chi connectivity index (χ4v) is 5.62. The highest BCUT2D eigenvalue weighted by Gasteiger charge is 2.47. The Hall–Kier alpha value is -3.65. The molecule has 1 aliphatic carbocycles. The summed E-state index contributed by atoms with van der Waals surface area (Å²) in [5.74, 6) is -1.44. The van der Waals surface area contributed by atoms with Crippen molar-refractivity contribution in [2.75, 3.05) is 24.3 Å². The average molecular weight is 594 g/mol. The summed E-state index contributed by atoms with van der Waals surface area (Å²) in [6.07, 6.45) is 1.41. The highest BCUT2D eigenvalue weighted by atomic mass is 31.1. The third-order valence-electron chi connectivity index (χ3n) is 7.14. The van der Waals surface area contributed by atoms with Crippen LogP contribution in [0.3, 0.4) is 0 Å². The van der Waals surface area contributed by atoms with E-state index in [2.05, 4.69) is 20.3 Å². The highest BCUT2D eigenvalue weighted by Crippen LogP contribution is 2.39. The van der Waals surface area contributed by atoms with Gasteiger partial charge in [-0.2, -0.15) is 4.98 Å². The summed E-state index contributed by atoms with van der Waals surface area (Å²) in [7, 11) is -2.76. The Kier molecular flexibility index (Phi) is 8.78. The summed E-state index contributed by atoms with van der Waals surface area (Å²) in [4.78, 5) is 34.9. The first-order valence-corrected chi connectivity index (χ1v) is 14.3. The van der Waals surface area contributed by atoms with Crippen molar-refractivity contribution in [3.63, 3.8) is 0 Å². The number of rotatable bonds is 11. The Balaban J connectivity index is 1.20. The number of benzene rings is 1. The van der Waals surface area contributed by atoms with Gasteiger partial charge in [0.1, 0.15) is 24.9 Å². The summed E-state index contributed by atoms with van der Waals surface area (Å²) in [6, 6.07) is 5.89. The van der Waals surface area contributed by atoms with Crippen LogP contribution in [0.15, 0.2) is 35.4 Å². The number of nitrogen functional groups attached to an aromatic ring is 1. The fourth-order valence-electron chi connectivity index (χ4n) is 4.98. The molecule has 16 heteroatoms. The number of carbonyl (C=O) groups is 1. The number of imidazole rings is 1. The lowest BCUT2D eigenvalue weighted by Crippen LogP contribution is -2.31. The van der Waals surface area contributed by atoms with E-state index in [4.69, 9.17) is 24.3 Å². The molecule has 0 spiro atoms. The van der Waals surface area contributed by atoms with Gasteiger partial charge in [-0.3, -0.25) is 18.7 Å². The van der Waals surface area contributed by atoms with E-state index in [0.29, 0.717) is 5.69 Å². The van der Waals surface area contributed by atoms with Crippen LogP contribution >= 0.6 is 8.25 Å². The van der Waals surface area contributed by atoms with Crippen molar-refractivity contribution < 1.29 is 37.4 Å². The molecule has 1 saturated heterocycles. The predicted molar refractivity (Wildman–Crippen MR) is 144 cm³/mol. The summed E-state index contributed by atoms with van der Waals surface area (Å²) >= 11 is 0. The van der Waals surface area contributed by atoms with E-state index in [-0.39, 0.29) is 35.6 Å². The Morgan fingerprint density at radius 3 is 2.88 bits per heavy atom. The van der Waals surface area contributed by atoms with Gasteiger partial charge < -0.3 is 25.6 Å². The molecule has 2 fully saturated rings. The van der Waals surface area contributed by atoms with E-state index in [1.807, 2.05) is 0 Å². The van der Waals surface area contributed by atoms with Crippen molar-refractivity contribution in [1.82, 2.24) is 19.5 Å². The van der Waals surface area contributed by atoms with Gasteiger partial charge in [-0.25, -0.2) is 14.3 Å². The second-order valence-corrected chi connectivity index (χ2v) is 10.9. The number of aliphatic hydroxyl groups is 1. The van der Waals surface area contributed by atoms with Crippen molar-refractivity contribution in [2.45, 2.75) is 63.2 Å². The number of anilines is 2. The Bertz CT molecular complexity index is 1460. The van der Waals surface area contributed by atoms with Gasteiger partial charge in [0.15, 0.2) is 17.4 Å². The van der Waals surface area contributed by atoms with E-state index < -0.39 is 56.9 Å². The predicted octanol–water partition coefficient (Wildman–Crippen LogP) is 2.58. The van der Waals surface area contributed by atoms with Crippen molar-refractivity contribution in [3.05, 3.63) is 40.9 Å². The molecule has 5 N–H and O–H groups in total. The third-order valence-corrected chi connectivity index (χ3v) is 7.85. The summed E-state index contributed by atoms with van der Waals surface area (Å²) in [5.41, 5.74) is 5.47. The van der Waals surface area contributed by atoms with Gasteiger partial charge in [0.05, 0.1) is 24.8 Å². The van der Waals surface area contributed by atoms with E-state index in [1.54, 1.807) is 31.2 Å². The number of aliphatic hydroxyl groups excluding tert-OH is 1. The molecule has 6 atom stereocenters. The van der Waals surface area contributed by atoms with Crippen molar-refractivity contribution in [1.29, 1.82) is 0 Å². The number of esters is 1. The lowest BCUT2D eigenvalue weighted by Gasteiger charge is -2.18. The summed E-state index contributed by atoms with van der Waals surface area (Å²) < 4.78 is 50.1. The maximum atomic E-state index is 13.9. The zero-order valence-corrected chi connectivity index (χ0v) is 23.0. The van der Waals surface area contributed by atoms with Gasteiger partial charge in [0.2, 0.25) is 11.7 Å². The van der Waals surface area contributed by atoms with Crippen LogP contribution in [0.4, 0.5) is 16.0 Å². The number of nitrogens with two attached hydrogens (primary N) is 1. The number of aromatic nitrogens is 4. The van der Waals surface area contributed by atoms with Crippen LogP contribution in [0.2, 0.25) is 0 Å². The Morgan fingerprint density at radius 1 is 1.37 bits per heavy atom. The number of aromatic amines is 1. The van der Waals surface area contributed by atoms with Gasteiger partial charge in [-0.15, -0.1) is 4.52 Å². The van der Waals surface area contributed by atoms with Crippen LogP contribution in [0.1, 0.15) is 38.8 Å². The first-order valence-electron chi connectivity index (χ1n) is 13.2. The maximum absolute atomic E-state index is 13.9. The first-order chi connectivity index (χ1) is 19.7. The standard InChI is InChI=1S/C25H30FN6O8P/c1-13(24(35)38-14-6-2-3-7-14)29-16-8-4-5-9-17(16)40-41(36)37-11-18-15(10-26)20(33)23(39-18)32-12-28-19-21(32)30-25(27)31-22(19)34/h4-5,8-9,12-15,18,20,23,29,33H,2-3,6-7,10-11H2,1H3,(H2-,27,30,31,34)/p+1/t13-,15-,18-,20-,23-/m1/s1. The molecular weight excluding hydrogens is 562 g/mol. The first kappa shape index (κ1) is 28.9. The topological polar surface area (TPSA) is 193 Å². The lowest BCUT2D eigenvalue weighted by molar-refractivity contribution is -0.149. The van der Waals surface area contributed by atoms with Crippen LogP contribution in [-0.2, 0) is 23.4 Å². The molecule has 1 unspecified atom stereocenters. The van der Waals surface area contributed by atoms with Gasteiger partial charge in [0, 0.05) is 10.5 Å². The summed E-state index contributed by atoms with van der Waals surface area (Å²) in [6.45, 7) is 0.317. The lowest BCUT2D eigenvalue weighted by atomic mass is 10.0. The SMILES string of the molecule is C[C@@H](Nc1ccccc1O[P+](=O)OC[C@H]1O[C@@H](n2cnc3c(=O)[nH]c(N)nc32)[C@H](O)[C@@H]1CF)C(=O)OC1CCCC1. The van der Waals surface area contributed by atoms with Gasteiger partial charge in [-0.1, -0.05) is 12.1 Å². The van der Waals surface area contributed by atoms with Crippen LogP contribution in [0.5, 0.6) is 5.75 Å². The van der Waals surface area contributed by atoms with Gasteiger partial charge in [-0.05, 0) is 44.7 Å². The minimum atomic E-state index is -2.76.